The number of rotatable bonds is 4. The van der Waals surface area contributed by atoms with E-state index in [-0.39, 0.29) is 5.82 Å². The lowest BCUT2D eigenvalue weighted by atomic mass is 10.1. The van der Waals surface area contributed by atoms with E-state index >= 15 is 0 Å². The molecule has 100 valence electrons. The van der Waals surface area contributed by atoms with E-state index in [4.69, 9.17) is 11.6 Å². The van der Waals surface area contributed by atoms with Gasteiger partial charge < -0.3 is 4.90 Å². The van der Waals surface area contributed by atoms with Gasteiger partial charge in [-0.3, -0.25) is 0 Å². The van der Waals surface area contributed by atoms with Crippen molar-refractivity contribution >= 4 is 33.2 Å². The van der Waals surface area contributed by atoms with E-state index in [2.05, 4.69) is 15.9 Å². The Balaban J connectivity index is 2.22. The summed E-state index contributed by atoms with van der Waals surface area (Å²) in [6.07, 6.45) is 0. The summed E-state index contributed by atoms with van der Waals surface area (Å²) < 4.78 is 14.6. The number of halogens is 3. The summed E-state index contributed by atoms with van der Waals surface area (Å²) in [5.41, 5.74) is 2.77. The molecule has 2 rings (SSSR count). The minimum atomic E-state index is -0.257. The van der Waals surface area contributed by atoms with Gasteiger partial charge in [0.1, 0.15) is 5.82 Å². The predicted octanol–water partition coefficient (Wildman–Crippen LogP) is 4.96. The second kappa shape index (κ2) is 6.40. The molecule has 0 N–H and O–H groups in total. The molecule has 0 aliphatic carbocycles. The highest BCUT2D eigenvalue weighted by atomic mass is 79.9. The van der Waals surface area contributed by atoms with Crippen molar-refractivity contribution in [3.05, 3.63) is 63.9 Å². The Morgan fingerprint density at radius 2 is 1.95 bits per heavy atom. The van der Waals surface area contributed by atoms with Crippen LogP contribution in [0, 0.1) is 5.82 Å². The topological polar surface area (TPSA) is 3.24 Å². The largest absolute Gasteiger partial charge is 0.370 e. The van der Waals surface area contributed by atoms with Crippen molar-refractivity contribution in [2.45, 2.75) is 12.4 Å². The molecule has 0 saturated carbocycles. The van der Waals surface area contributed by atoms with Gasteiger partial charge in [0.15, 0.2) is 0 Å². The zero-order chi connectivity index (χ0) is 13.8. The van der Waals surface area contributed by atoms with Crippen LogP contribution in [0.5, 0.6) is 0 Å². The third kappa shape index (κ3) is 3.71. The van der Waals surface area contributed by atoms with Gasteiger partial charge in [0.05, 0.1) is 0 Å². The van der Waals surface area contributed by atoms with Crippen LogP contribution >= 0.6 is 27.5 Å². The lowest BCUT2D eigenvalue weighted by Crippen LogP contribution is -2.17. The summed E-state index contributed by atoms with van der Waals surface area (Å²) in [4.78, 5) is 2.00. The van der Waals surface area contributed by atoms with Gasteiger partial charge >= 0.3 is 0 Å². The lowest BCUT2D eigenvalue weighted by Gasteiger charge is -2.21. The highest BCUT2D eigenvalue weighted by Crippen LogP contribution is 2.23. The maximum Gasteiger partial charge on any atom is 0.125 e. The van der Waals surface area contributed by atoms with Gasteiger partial charge in [0, 0.05) is 29.6 Å². The van der Waals surface area contributed by atoms with Gasteiger partial charge in [-0.2, -0.15) is 0 Å². The van der Waals surface area contributed by atoms with Crippen molar-refractivity contribution in [3.8, 4) is 0 Å². The van der Waals surface area contributed by atoms with E-state index < -0.39 is 0 Å². The number of benzene rings is 2. The molecular formula is C15H14BrClFN. The zero-order valence-corrected chi connectivity index (χ0v) is 12.9. The van der Waals surface area contributed by atoms with Crippen LogP contribution in [-0.2, 0) is 12.4 Å². The fourth-order valence-electron chi connectivity index (χ4n) is 1.90. The Labute approximate surface area is 126 Å². The average Bonchev–Trinajstić information content (AvgIpc) is 2.40. The van der Waals surface area contributed by atoms with Gasteiger partial charge in [-0.25, -0.2) is 4.39 Å². The Hall–Kier alpha value is -1.06. The summed E-state index contributed by atoms with van der Waals surface area (Å²) in [5, 5.41) is 0. The lowest BCUT2D eigenvalue weighted by molar-refractivity contribution is 0.625. The van der Waals surface area contributed by atoms with E-state index in [0.29, 0.717) is 12.4 Å². The van der Waals surface area contributed by atoms with Crippen LogP contribution in [0.25, 0.3) is 0 Å². The van der Waals surface area contributed by atoms with Gasteiger partial charge in [-0.05, 0) is 35.4 Å². The highest BCUT2D eigenvalue weighted by Gasteiger charge is 2.07. The average molecular weight is 343 g/mol. The molecule has 0 fully saturated rings. The van der Waals surface area contributed by atoms with Crippen LogP contribution in [-0.4, -0.2) is 7.05 Å². The molecule has 19 heavy (non-hydrogen) atoms. The van der Waals surface area contributed by atoms with Crippen LogP contribution in [0.3, 0.4) is 0 Å². The Kier molecular flexibility index (Phi) is 4.83. The second-order valence-electron chi connectivity index (χ2n) is 4.40. The second-order valence-corrected chi connectivity index (χ2v) is 5.52. The molecule has 0 saturated heterocycles. The summed E-state index contributed by atoms with van der Waals surface area (Å²) in [6, 6.07) is 12.9. The molecule has 0 aliphatic heterocycles. The quantitative estimate of drug-likeness (QED) is 0.710. The van der Waals surface area contributed by atoms with Gasteiger partial charge in [-0.15, -0.1) is 11.6 Å². The molecule has 4 heteroatoms. The first-order valence-electron chi connectivity index (χ1n) is 5.90. The van der Waals surface area contributed by atoms with Gasteiger partial charge in [-0.1, -0.05) is 34.1 Å². The molecular weight excluding hydrogens is 329 g/mol. The van der Waals surface area contributed by atoms with E-state index in [1.807, 2.05) is 42.3 Å². The molecule has 0 unspecified atom stereocenters. The smallest absolute Gasteiger partial charge is 0.125 e. The molecule has 0 radical (unpaired) electrons. The standard InChI is InChI=1S/C15H14BrClFN/c1-19(10-12-4-2-3-5-15(12)16)14-7-11(9-17)6-13(18)8-14/h2-8H,9-10H2,1H3. The molecule has 0 bridgehead atoms. The molecule has 0 aromatic heterocycles. The molecule has 2 aromatic rings. The minimum Gasteiger partial charge on any atom is -0.370 e. The van der Waals surface area contributed by atoms with Gasteiger partial charge in [0.25, 0.3) is 0 Å². The van der Waals surface area contributed by atoms with Crippen molar-refractivity contribution in [3.63, 3.8) is 0 Å². The molecule has 1 nitrogen and oxygen atoms in total. The summed E-state index contributed by atoms with van der Waals surface area (Å²) in [5.74, 6) is 0.0558. The first-order valence-corrected chi connectivity index (χ1v) is 7.23. The van der Waals surface area contributed by atoms with E-state index in [0.717, 1.165) is 21.3 Å². The van der Waals surface area contributed by atoms with Gasteiger partial charge in [0.2, 0.25) is 0 Å². The fourth-order valence-corrected chi connectivity index (χ4v) is 2.47. The van der Waals surface area contributed by atoms with E-state index in [1.54, 1.807) is 0 Å². The molecule has 0 amide bonds. The Morgan fingerprint density at radius 3 is 2.63 bits per heavy atom. The normalized spacial score (nSPS) is 10.5. The SMILES string of the molecule is CN(Cc1ccccc1Br)c1cc(F)cc(CCl)c1. The number of alkyl halides is 1. The maximum absolute atomic E-state index is 13.5. The number of anilines is 1. The number of nitrogens with zero attached hydrogens (tertiary/aromatic N) is 1. The number of hydrogen-bond acceptors (Lipinski definition) is 1. The predicted molar refractivity (Wildman–Crippen MR) is 82.2 cm³/mol. The van der Waals surface area contributed by atoms with Crippen molar-refractivity contribution < 1.29 is 4.39 Å². The van der Waals surface area contributed by atoms with Crippen LogP contribution in [0.2, 0.25) is 0 Å². The maximum atomic E-state index is 13.5. The third-order valence-electron chi connectivity index (χ3n) is 2.90. The van der Waals surface area contributed by atoms with Crippen LogP contribution in [0.15, 0.2) is 46.9 Å². The van der Waals surface area contributed by atoms with E-state index in [1.165, 1.54) is 12.1 Å². The monoisotopic (exact) mass is 341 g/mol. The Bertz CT molecular complexity index is 574. The van der Waals surface area contributed by atoms with Crippen molar-refractivity contribution in [1.82, 2.24) is 0 Å². The van der Waals surface area contributed by atoms with Crippen LogP contribution < -0.4 is 4.90 Å². The van der Waals surface area contributed by atoms with Crippen LogP contribution in [0.1, 0.15) is 11.1 Å². The summed E-state index contributed by atoms with van der Waals surface area (Å²) in [6.45, 7) is 0.701. The summed E-state index contributed by atoms with van der Waals surface area (Å²) in [7, 11) is 1.94. The van der Waals surface area contributed by atoms with E-state index in [9.17, 15) is 4.39 Å². The Morgan fingerprint density at radius 1 is 1.21 bits per heavy atom. The fraction of sp³-hybridized carbons (Fsp3) is 0.200. The number of hydrogen-bond donors (Lipinski definition) is 0. The van der Waals surface area contributed by atoms with Crippen LogP contribution in [0.4, 0.5) is 10.1 Å². The van der Waals surface area contributed by atoms with Crippen molar-refractivity contribution in [1.29, 1.82) is 0 Å². The molecule has 2 aromatic carbocycles. The molecule has 0 spiro atoms. The summed E-state index contributed by atoms with van der Waals surface area (Å²) >= 11 is 9.29. The highest BCUT2D eigenvalue weighted by molar-refractivity contribution is 9.10. The minimum absolute atomic E-state index is 0.257. The third-order valence-corrected chi connectivity index (χ3v) is 3.98. The van der Waals surface area contributed by atoms with Crippen molar-refractivity contribution in [2.75, 3.05) is 11.9 Å². The van der Waals surface area contributed by atoms with Crippen molar-refractivity contribution in [2.24, 2.45) is 0 Å². The molecule has 0 atom stereocenters. The zero-order valence-electron chi connectivity index (χ0n) is 10.5. The molecule has 0 aliphatic rings. The molecule has 0 heterocycles. The first kappa shape index (κ1) is 14.4. The first-order chi connectivity index (χ1) is 9.10.